The van der Waals surface area contributed by atoms with Crippen LogP contribution in [0.2, 0.25) is 5.02 Å². The Morgan fingerprint density at radius 1 is 1.32 bits per heavy atom. The van der Waals surface area contributed by atoms with Gasteiger partial charge < -0.3 is 10.1 Å². The summed E-state index contributed by atoms with van der Waals surface area (Å²) in [4.78, 5) is 29.9. The van der Waals surface area contributed by atoms with E-state index in [0.717, 1.165) is 12.8 Å². The lowest BCUT2D eigenvalue weighted by Crippen LogP contribution is -2.28. The van der Waals surface area contributed by atoms with Crippen LogP contribution in [0.4, 0.5) is 0 Å². The zero-order valence-corrected chi connectivity index (χ0v) is 16.7. The Kier molecular flexibility index (Phi) is 5.28. The number of rotatable bonds is 6. The molecule has 28 heavy (non-hydrogen) atoms. The molecule has 8 heteroatoms. The molecule has 0 radical (unpaired) electrons. The zero-order valence-electron chi connectivity index (χ0n) is 15.1. The Hall–Kier alpha value is -2.51. The van der Waals surface area contributed by atoms with Crippen LogP contribution in [0.15, 0.2) is 52.4 Å². The van der Waals surface area contributed by atoms with E-state index in [1.807, 2.05) is 6.07 Å². The predicted octanol–water partition coefficient (Wildman–Crippen LogP) is 3.42. The van der Waals surface area contributed by atoms with Crippen molar-refractivity contribution >= 4 is 40.2 Å². The van der Waals surface area contributed by atoms with Gasteiger partial charge in [-0.1, -0.05) is 35.5 Å². The lowest BCUT2D eigenvalue weighted by atomic mass is 10.2. The fourth-order valence-corrected chi connectivity index (χ4v) is 3.93. The summed E-state index contributed by atoms with van der Waals surface area (Å²) in [5, 5.41) is 4.28. The number of thioether (sulfide) groups is 1. The molecule has 0 unspecified atom stereocenters. The van der Waals surface area contributed by atoms with Crippen molar-refractivity contribution in [2.24, 2.45) is 0 Å². The molecule has 144 valence electrons. The summed E-state index contributed by atoms with van der Waals surface area (Å²) >= 11 is 7.49. The van der Waals surface area contributed by atoms with Crippen LogP contribution in [0.1, 0.15) is 12.8 Å². The maximum atomic E-state index is 13.2. The van der Waals surface area contributed by atoms with Crippen molar-refractivity contribution < 1.29 is 9.53 Å². The molecule has 1 N–H and O–H groups in total. The van der Waals surface area contributed by atoms with Gasteiger partial charge in [0.25, 0.3) is 5.56 Å². The highest BCUT2D eigenvalue weighted by Crippen LogP contribution is 2.28. The summed E-state index contributed by atoms with van der Waals surface area (Å²) in [7, 11) is 1.53. The summed E-state index contributed by atoms with van der Waals surface area (Å²) < 4.78 is 6.68. The second-order valence-electron chi connectivity index (χ2n) is 6.50. The van der Waals surface area contributed by atoms with Crippen molar-refractivity contribution in [1.29, 1.82) is 0 Å². The number of halogens is 1. The number of carbonyl (C=O) groups is 1. The van der Waals surface area contributed by atoms with Crippen LogP contribution in [0.5, 0.6) is 5.75 Å². The van der Waals surface area contributed by atoms with Crippen molar-refractivity contribution in [1.82, 2.24) is 14.9 Å². The standard InChI is InChI=1S/C20H18ClN3O3S/c1-27-17-9-8-13(10-15(17)21)24-19(26)14-4-2-3-5-16(14)23-20(24)28-11-18(25)22-12-6-7-12/h2-5,8-10,12H,6-7,11H2,1H3,(H,22,25). The van der Waals surface area contributed by atoms with Crippen LogP contribution in [-0.4, -0.2) is 34.4 Å². The minimum absolute atomic E-state index is 0.0609. The molecule has 2 aromatic carbocycles. The Morgan fingerprint density at radius 2 is 2.11 bits per heavy atom. The summed E-state index contributed by atoms with van der Waals surface area (Å²) in [6.07, 6.45) is 2.05. The van der Waals surface area contributed by atoms with Gasteiger partial charge >= 0.3 is 0 Å². The van der Waals surface area contributed by atoms with Crippen LogP contribution >= 0.6 is 23.4 Å². The van der Waals surface area contributed by atoms with E-state index in [2.05, 4.69) is 10.3 Å². The van der Waals surface area contributed by atoms with E-state index in [1.165, 1.54) is 23.4 Å². The Balaban J connectivity index is 1.77. The number of hydrogen-bond donors (Lipinski definition) is 1. The van der Waals surface area contributed by atoms with Crippen LogP contribution < -0.4 is 15.6 Å². The number of carbonyl (C=O) groups excluding carboxylic acids is 1. The third-order valence-corrected chi connectivity index (χ3v) is 5.65. The number of benzene rings is 2. The third kappa shape index (κ3) is 3.86. The highest BCUT2D eigenvalue weighted by molar-refractivity contribution is 7.99. The molecule has 3 aromatic rings. The largest absolute Gasteiger partial charge is 0.495 e. The Bertz CT molecular complexity index is 1110. The van der Waals surface area contributed by atoms with E-state index in [0.29, 0.717) is 38.6 Å². The number of hydrogen-bond acceptors (Lipinski definition) is 5. The van der Waals surface area contributed by atoms with E-state index in [1.54, 1.807) is 36.4 Å². The van der Waals surface area contributed by atoms with E-state index in [9.17, 15) is 9.59 Å². The van der Waals surface area contributed by atoms with Crippen molar-refractivity contribution in [3.05, 3.63) is 57.8 Å². The van der Waals surface area contributed by atoms with Gasteiger partial charge in [0.1, 0.15) is 5.75 Å². The molecular formula is C20H18ClN3O3S. The first-order valence-electron chi connectivity index (χ1n) is 8.84. The predicted molar refractivity (Wildman–Crippen MR) is 111 cm³/mol. The molecule has 1 aliphatic rings. The summed E-state index contributed by atoms with van der Waals surface area (Å²) in [5.41, 5.74) is 0.949. The number of nitrogens with one attached hydrogen (secondary N) is 1. The highest BCUT2D eigenvalue weighted by atomic mass is 35.5. The minimum Gasteiger partial charge on any atom is -0.495 e. The van der Waals surface area contributed by atoms with Gasteiger partial charge in [0.05, 0.1) is 34.5 Å². The van der Waals surface area contributed by atoms with Gasteiger partial charge in [-0.05, 0) is 43.2 Å². The smallest absolute Gasteiger partial charge is 0.266 e. The van der Waals surface area contributed by atoms with Crippen molar-refractivity contribution in [2.75, 3.05) is 12.9 Å². The highest BCUT2D eigenvalue weighted by Gasteiger charge is 2.23. The molecule has 0 atom stereocenters. The van der Waals surface area contributed by atoms with Gasteiger partial charge in [-0.3, -0.25) is 14.2 Å². The van der Waals surface area contributed by atoms with Crippen LogP contribution in [0.3, 0.4) is 0 Å². The normalized spacial score (nSPS) is 13.5. The maximum Gasteiger partial charge on any atom is 0.266 e. The second kappa shape index (κ2) is 7.85. The molecule has 1 saturated carbocycles. The second-order valence-corrected chi connectivity index (χ2v) is 7.85. The van der Waals surface area contributed by atoms with E-state index in [-0.39, 0.29) is 17.2 Å². The SMILES string of the molecule is COc1ccc(-n2c(SCC(=O)NC3CC3)nc3ccccc3c2=O)cc1Cl. The van der Waals surface area contributed by atoms with Gasteiger partial charge in [-0.15, -0.1) is 0 Å². The first kappa shape index (κ1) is 18.8. The molecule has 1 fully saturated rings. The molecule has 0 bridgehead atoms. The molecule has 0 spiro atoms. The number of amides is 1. The Morgan fingerprint density at radius 3 is 2.82 bits per heavy atom. The number of nitrogens with zero attached hydrogens (tertiary/aromatic N) is 2. The summed E-state index contributed by atoms with van der Waals surface area (Å²) in [6, 6.07) is 12.6. The van der Waals surface area contributed by atoms with Gasteiger partial charge in [0.2, 0.25) is 5.91 Å². The lowest BCUT2D eigenvalue weighted by molar-refractivity contribution is -0.118. The Labute approximate surface area is 170 Å². The third-order valence-electron chi connectivity index (χ3n) is 4.41. The average molecular weight is 416 g/mol. The van der Waals surface area contributed by atoms with Crippen LogP contribution in [-0.2, 0) is 4.79 Å². The van der Waals surface area contributed by atoms with Crippen LogP contribution in [0.25, 0.3) is 16.6 Å². The molecule has 0 saturated heterocycles. The molecule has 4 rings (SSSR count). The quantitative estimate of drug-likeness (QED) is 0.493. The first-order chi connectivity index (χ1) is 13.6. The van der Waals surface area contributed by atoms with Gasteiger partial charge in [-0.25, -0.2) is 4.98 Å². The number of para-hydroxylation sites is 1. The van der Waals surface area contributed by atoms with Crippen molar-refractivity contribution in [3.8, 4) is 11.4 Å². The average Bonchev–Trinajstić information content (AvgIpc) is 3.50. The van der Waals surface area contributed by atoms with E-state index < -0.39 is 0 Å². The maximum absolute atomic E-state index is 13.2. The minimum atomic E-state index is -0.211. The molecule has 1 aliphatic carbocycles. The van der Waals surface area contributed by atoms with Gasteiger partial charge in [0.15, 0.2) is 5.16 Å². The van der Waals surface area contributed by atoms with Crippen molar-refractivity contribution in [3.63, 3.8) is 0 Å². The van der Waals surface area contributed by atoms with E-state index in [4.69, 9.17) is 16.3 Å². The van der Waals surface area contributed by atoms with Crippen LogP contribution in [0, 0.1) is 0 Å². The molecular weight excluding hydrogens is 398 g/mol. The number of methoxy groups -OCH3 is 1. The molecule has 6 nitrogen and oxygen atoms in total. The molecule has 1 aromatic heterocycles. The fraction of sp³-hybridized carbons (Fsp3) is 0.250. The molecule has 1 amide bonds. The number of ether oxygens (including phenoxy) is 1. The zero-order chi connectivity index (χ0) is 19.7. The van der Waals surface area contributed by atoms with Crippen molar-refractivity contribution in [2.45, 2.75) is 24.0 Å². The summed E-state index contributed by atoms with van der Waals surface area (Å²) in [6.45, 7) is 0. The molecule has 0 aliphatic heterocycles. The number of fused-ring (bicyclic) bond motifs is 1. The molecule has 1 heterocycles. The first-order valence-corrected chi connectivity index (χ1v) is 10.2. The van der Waals surface area contributed by atoms with E-state index >= 15 is 0 Å². The lowest BCUT2D eigenvalue weighted by Gasteiger charge is -2.14. The fourth-order valence-electron chi connectivity index (χ4n) is 2.86. The van der Waals surface area contributed by atoms with Gasteiger partial charge in [-0.2, -0.15) is 0 Å². The summed E-state index contributed by atoms with van der Waals surface area (Å²) in [5.74, 6) is 0.644. The van der Waals surface area contributed by atoms with Gasteiger partial charge in [0, 0.05) is 6.04 Å². The topological polar surface area (TPSA) is 73.2 Å². The number of aromatic nitrogens is 2. The monoisotopic (exact) mass is 415 g/mol.